The number of hydrogen-bond acceptors (Lipinski definition) is 3. The molecule has 0 spiro atoms. The maximum atomic E-state index is 11.8. The largest absolute Gasteiger partial charge is 0.459 e. The first-order chi connectivity index (χ1) is 12.9. The van der Waals surface area contributed by atoms with E-state index in [4.69, 9.17) is 9.16 Å². The molecular weight excluding hydrogens is 352 g/mol. The summed E-state index contributed by atoms with van der Waals surface area (Å²) in [5.74, 6) is -0.160. The quantitative estimate of drug-likeness (QED) is 0.436. The summed E-state index contributed by atoms with van der Waals surface area (Å²) < 4.78 is 12.4. The Morgan fingerprint density at radius 1 is 1.07 bits per heavy atom. The van der Waals surface area contributed by atoms with Crippen LogP contribution in [0.5, 0.6) is 0 Å². The van der Waals surface area contributed by atoms with Crippen LogP contribution in [-0.2, 0) is 14.0 Å². The Morgan fingerprint density at radius 3 is 2.04 bits per heavy atom. The Hall–Kier alpha value is -2.17. The van der Waals surface area contributed by atoms with Gasteiger partial charge in [0.1, 0.15) is 6.10 Å². The monoisotopic (exact) mass is 380 g/mol. The standard InChI is InChI=1S/C23H28O3Si/c1-5-18-16-22(24)26-21(18)17-25-27(23(2,3)4,19-12-8-6-9-13-19)20-14-10-7-11-15-20/h5-15,18,21H,1,16-17H2,2-4H3/t18-,21-/m0/s1. The van der Waals surface area contributed by atoms with E-state index in [9.17, 15) is 4.79 Å². The van der Waals surface area contributed by atoms with Crippen LogP contribution in [0, 0.1) is 5.92 Å². The molecular formula is C23H28O3Si. The van der Waals surface area contributed by atoms with Gasteiger partial charge in [0.05, 0.1) is 13.0 Å². The van der Waals surface area contributed by atoms with E-state index in [0.29, 0.717) is 13.0 Å². The third-order valence-electron chi connectivity index (χ3n) is 5.35. The van der Waals surface area contributed by atoms with Crippen molar-refractivity contribution in [3.63, 3.8) is 0 Å². The maximum absolute atomic E-state index is 11.8. The zero-order valence-corrected chi connectivity index (χ0v) is 17.4. The van der Waals surface area contributed by atoms with Crippen LogP contribution in [0.4, 0.5) is 0 Å². The van der Waals surface area contributed by atoms with Crippen molar-refractivity contribution in [2.45, 2.75) is 38.3 Å². The topological polar surface area (TPSA) is 35.5 Å². The average Bonchev–Trinajstić information content (AvgIpc) is 3.03. The lowest BCUT2D eigenvalue weighted by atomic mass is 10.0. The van der Waals surface area contributed by atoms with E-state index in [-0.39, 0.29) is 23.0 Å². The predicted molar refractivity (Wildman–Crippen MR) is 112 cm³/mol. The molecule has 3 nitrogen and oxygen atoms in total. The van der Waals surface area contributed by atoms with E-state index in [1.165, 1.54) is 10.4 Å². The van der Waals surface area contributed by atoms with E-state index in [0.717, 1.165) is 0 Å². The van der Waals surface area contributed by atoms with Gasteiger partial charge in [0.25, 0.3) is 8.32 Å². The zero-order chi connectivity index (χ0) is 19.5. The average molecular weight is 381 g/mol. The number of cyclic esters (lactones) is 1. The van der Waals surface area contributed by atoms with Crippen LogP contribution in [0.15, 0.2) is 73.3 Å². The summed E-state index contributed by atoms with van der Waals surface area (Å²) in [5.41, 5.74) is 0. The van der Waals surface area contributed by atoms with E-state index in [2.05, 4.69) is 75.9 Å². The summed E-state index contributed by atoms with van der Waals surface area (Å²) in [5, 5.41) is 2.36. The Morgan fingerprint density at radius 2 is 1.59 bits per heavy atom. The van der Waals surface area contributed by atoms with Gasteiger partial charge in [0, 0.05) is 5.92 Å². The lowest BCUT2D eigenvalue weighted by molar-refractivity contribution is -0.142. The highest BCUT2D eigenvalue weighted by Crippen LogP contribution is 2.37. The first kappa shape index (κ1) is 19.6. The minimum atomic E-state index is -2.61. The van der Waals surface area contributed by atoms with Gasteiger partial charge in [0.15, 0.2) is 0 Å². The van der Waals surface area contributed by atoms with Crippen LogP contribution in [0.3, 0.4) is 0 Å². The van der Waals surface area contributed by atoms with Crippen LogP contribution >= 0.6 is 0 Å². The summed E-state index contributed by atoms with van der Waals surface area (Å²) in [6.07, 6.45) is 1.93. The molecule has 1 heterocycles. The summed E-state index contributed by atoms with van der Waals surface area (Å²) in [7, 11) is -2.61. The van der Waals surface area contributed by atoms with Gasteiger partial charge < -0.3 is 9.16 Å². The van der Waals surface area contributed by atoms with Crippen LogP contribution in [0.2, 0.25) is 5.04 Å². The van der Waals surface area contributed by atoms with Crippen molar-refractivity contribution in [2.24, 2.45) is 5.92 Å². The second kappa shape index (κ2) is 7.83. The Balaban J connectivity index is 2.04. The van der Waals surface area contributed by atoms with Crippen molar-refractivity contribution in [1.82, 2.24) is 0 Å². The molecule has 1 saturated heterocycles. The fraction of sp³-hybridized carbons (Fsp3) is 0.348. The minimum Gasteiger partial charge on any atom is -0.459 e. The molecule has 3 rings (SSSR count). The molecule has 0 saturated carbocycles. The molecule has 0 radical (unpaired) electrons. The molecule has 0 bridgehead atoms. The summed E-state index contributed by atoms with van der Waals surface area (Å²) in [4.78, 5) is 11.8. The second-order valence-electron chi connectivity index (χ2n) is 8.11. The molecule has 0 amide bonds. The van der Waals surface area contributed by atoms with Crippen molar-refractivity contribution in [2.75, 3.05) is 6.61 Å². The lowest BCUT2D eigenvalue weighted by Gasteiger charge is -2.43. The third-order valence-corrected chi connectivity index (χ3v) is 10.4. The first-order valence-electron chi connectivity index (χ1n) is 9.45. The van der Waals surface area contributed by atoms with E-state index in [1.807, 2.05) is 18.2 Å². The fourth-order valence-corrected chi connectivity index (χ4v) is 8.56. The first-order valence-corrected chi connectivity index (χ1v) is 11.4. The Bertz CT molecular complexity index is 741. The molecule has 0 aromatic heterocycles. The summed E-state index contributed by atoms with van der Waals surface area (Å²) in [6.45, 7) is 11.0. The number of benzene rings is 2. The zero-order valence-electron chi connectivity index (χ0n) is 16.4. The van der Waals surface area contributed by atoms with E-state index >= 15 is 0 Å². The highest BCUT2D eigenvalue weighted by molar-refractivity contribution is 6.99. The molecule has 1 fully saturated rings. The number of esters is 1. The van der Waals surface area contributed by atoms with Gasteiger partial charge in [-0.2, -0.15) is 0 Å². The number of hydrogen-bond donors (Lipinski definition) is 0. The van der Waals surface area contributed by atoms with Gasteiger partial charge in [-0.15, -0.1) is 6.58 Å². The minimum absolute atomic E-state index is 0.00992. The third kappa shape index (κ3) is 3.78. The molecule has 2 aromatic carbocycles. The van der Waals surface area contributed by atoms with E-state index < -0.39 is 8.32 Å². The molecule has 0 N–H and O–H groups in total. The number of rotatable bonds is 6. The summed E-state index contributed by atoms with van der Waals surface area (Å²) >= 11 is 0. The molecule has 1 aliphatic heterocycles. The fourth-order valence-electron chi connectivity index (χ4n) is 3.99. The van der Waals surface area contributed by atoms with Gasteiger partial charge in [-0.3, -0.25) is 4.79 Å². The Labute approximate surface area is 163 Å². The van der Waals surface area contributed by atoms with Crippen LogP contribution in [-0.4, -0.2) is 27.0 Å². The molecule has 142 valence electrons. The Kier molecular flexibility index (Phi) is 5.68. The smallest absolute Gasteiger partial charge is 0.306 e. The van der Waals surface area contributed by atoms with Gasteiger partial charge in [-0.05, 0) is 15.4 Å². The van der Waals surface area contributed by atoms with Crippen LogP contribution in [0.1, 0.15) is 27.2 Å². The van der Waals surface area contributed by atoms with Crippen molar-refractivity contribution in [3.8, 4) is 0 Å². The molecule has 2 aromatic rings. The maximum Gasteiger partial charge on any atom is 0.306 e. The number of ether oxygens (including phenoxy) is 1. The van der Waals surface area contributed by atoms with Gasteiger partial charge in [-0.1, -0.05) is 87.5 Å². The molecule has 27 heavy (non-hydrogen) atoms. The van der Waals surface area contributed by atoms with Crippen molar-refractivity contribution >= 4 is 24.7 Å². The molecule has 1 aliphatic rings. The second-order valence-corrected chi connectivity index (χ2v) is 12.4. The van der Waals surface area contributed by atoms with E-state index in [1.54, 1.807) is 0 Å². The highest BCUT2D eigenvalue weighted by atomic mass is 28.4. The molecule has 2 atom stereocenters. The van der Waals surface area contributed by atoms with Crippen molar-refractivity contribution < 1.29 is 14.0 Å². The number of carbonyl (C=O) groups excluding carboxylic acids is 1. The van der Waals surface area contributed by atoms with Gasteiger partial charge >= 0.3 is 5.97 Å². The van der Waals surface area contributed by atoms with Crippen molar-refractivity contribution in [1.29, 1.82) is 0 Å². The predicted octanol–water partition coefficient (Wildman–Crippen LogP) is 3.68. The van der Waals surface area contributed by atoms with Gasteiger partial charge in [-0.25, -0.2) is 0 Å². The summed E-state index contributed by atoms with van der Waals surface area (Å²) in [6, 6.07) is 21.0. The lowest BCUT2D eigenvalue weighted by Crippen LogP contribution is -2.67. The number of carbonyl (C=O) groups is 1. The van der Waals surface area contributed by atoms with Crippen molar-refractivity contribution in [3.05, 3.63) is 73.3 Å². The van der Waals surface area contributed by atoms with Crippen LogP contribution < -0.4 is 10.4 Å². The molecule has 0 aliphatic carbocycles. The molecule has 0 unspecified atom stereocenters. The normalized spacial score (nSPS) is 20.3. The SMILES string of the molecule is C=C[C@H]1CC(=O)O[C@H]1CO[Si](c1ccccc1)(c1ccccc1)C(C)(C)C. The molecule has 4 heteroatoms. The van der Waals surface area contributed by atoms with Gasteiger partial charge in [0.2, 0.25) is 0 Å². The highest BCUT2D eigenvalue weighted by Gasteiger charge is 2.51. The van der Waals surface area contributed by atoms with Crippen LogP contribution in [0.25, 0.3) is 0 Å².